The number of primary amides is 1. The molecule has 3 N–H and O–H groups in total. The van der Waals surface area contributed by atoms with Crippen molar-refractivity contribution in [3.8, 4) is 0 Å². The number of carbonyl (C=O) groups excluding carboxylic acids is 2. The van der Waals surface area contributed by atoms with Crippen molar-refractivity contribution >= 4 is 39.1 Å². The van der Waals surface area contributed by atoms with Gasteiger partial charge in [-0.05, 0) is 49.6 Å². The topological polar surface area (TPSA) is 85.1 Å². The first-order valence-corrected chi connectivity index (χ1v) is 9.08. The van der Waals surface area contributed by atoms with Crippen LogP contribution in [-0.4, -0.2) is 16.8 Å². The number of amides is 2. The van der Waals surface area contributed by atoms with Crippen LogP contribution in [0.1, 0.15) is 34.6 Å². The fraction of sp³-hybridized carbons (Fsp3) is 0.211. The molecule has 1 aromatic heterocycles. The Morgan fingerprint density at radius 3 is 2.73 bits per heavy atom. The van der Waals surface area contributed by atoms with Crippen LogP contribution >= 0.6 is 11.3 Å². The molecule has 0 aliphatic heterocycles. The lowest BCUT2D eigenvalue weighted by Crippen LogP contribution is -2.15. The monoisotopic (exact) mass is 371 g/mol. The van der Waals surface area contributed by atoms with Crippen LogP contribution in [0, 0.1) is 5.82 Å². The van der Waals surface area contributed by atoms with Crippen molar-refractivity contribution in [1.82, 2.24) is 4.98 Å². The predicted octanol–water partition coefficient (Wildman–Crippen LogP) is 3.89. The van der Waals surface area contributed by atoms with Crippen molar-refractivity contribution in [2.45, 2.75) is 25.7 Å². The molecule has 0 aliphatic rings. The first kappa shape index (κ1) is 18.0. The number of nitrogens with two attached hydrogens (primary N) is 1. The number of nitrogens with zero attached hydrogens (tertiary/aromatic N) is 1. The first-order valence-electron chi connectivity index (χ1n) is 8.26. The summed E-state index contributed by atoms with van der Waals surface area (Å²) < 4.78 is 14.6. The normalized spacial score (nSPS) is 10.8. The second-order valence-electron chi connectivity index (χ2n) is 5.89. The molecule has 0 fully saturated rings. The molecule has 1 heterocycles. The highest BCUT2D eigenvalue weighted by Gasteiger charge is 2.11. The van der Waals surface area contributed by atoms with Crippen molar-refractivity contribution in [3.63, 3.8) is 0 Å². The van der Waals surface area contributed by atoms with Crippen LogP contribution in [0.25, 0.3) is 10.2 Å². The molecule has 0 spiro atoms. The van der Waals surface area contributed by atoms with Crippen molar-refractivity contribution in [1.29, 1.82) is 0 Å². The average molecular weight is 371 g/mol. The molecule has 26 heavy (non-hydrogen) atoms. The van der Waals surface area contributed by atoms with Crippen LogP contribution in [0.4, 0.5) is 10.1 Å². The molecule has 2 aromatic carbocycles. The Labute approximate surface area is 154 Å². The fourth-order valence-corrected chi connectivity index (χ4v) is 3.61. The molecule has 3 aromatic rings. The maximum Gasteiger partial charge on any atom is 0.251 e. The number of fused-ring (bicyclic) bond motifs is 1. The minimum absolute atomic E-state index is 0.184. The van der Waals surface area contributed by atoms with Crippen LogP contribution in [0.3, 0.4) is 0 Å². The van der Waals surface area contributed by atoms with Gasteiger partial charge in [0.2, 0.25) is 5.91 Å². The van der Waals surface area contributed by atoms with E-state index in [1.807, 2.05) is 24.3 Å². The molecule has 134 valence electrons. The van der Waals surface area contributed by atoms with E-state index in [0.717, 1.165) is 29.4 Å². The summed E-state index contributed by atoms with van der Waals surface area (Å²) in [5.74, 6) is -1.75. The standard InChI is InChI=1S/C19H18FN3O2S/c20-14-10-9-12(11-13(14)19(21)25)22-17(24)7-3-4-8-18-23-15-5-1-2-6-16(15)26-18/h1-2,5-6,9-11H,3-4,7-8H2,(H2,21,25)(H,22,24). The number of nitrogens with one attached hydrogen (secondary N) is 1. The number of thiazole rings is 1. The molecule has 3 rings (SSSR count). The van der Waals surface area contributed by atoms with Gasteiger partial charge in [0, 0.05) is 12.1 Å². The number of anilines is 1. The van der Waals surface area contributed by atoms with Gasteiger partial charge in [-0.3, -0.25) is 9.59 Å². The quantitative estimate of drug-likeness (QED) is 0.618. The van der Waals surface area contributed by atoms with E-state index in [9.17, 15) is 14.0 Å². The lowest BCUT2D eigenvalue weighted by atomic mass is 10.1. The van der Waals surface area contributed by atoms with E-state index in [1.54, 1.807) is 11.3 Å². The average Bonchev–Trinajstić information content (AvgIpc) is 3.03. The smallest absolute Gasteiger partial charge is 0.251 e. The van der Waals surface area contributed by atoms with Gasteiger partial charge in [0.1, 0.15) is 5.82 Å². The highest BCUT2D eigenvalue weighted by Crippen LogP contribution is 2.23. The highest BCUT2D eigenvalue weighted by atomic mass is 32.1. The second-order valence-corrected chi connectivity index (χ2v) is 7.00. The summed E-state index contributed by atoms with van der Waals surface area (Å²) in [5, 5.41) is 3.72. The molecule has 7 heteroatoms. The number of aryl methyl sites for hydroxylation is 1. The summed E-state index contributed by atoms with van der Waals surface area (Å²) in [5.41, 5.74) is 6.23. The molecule has 5 nitrogen and oxygen atoms in total. The molecule has 0 radical (unpaired) electrons. The molecule has 2 amide bonds. The molecule has 0 bridgehead atoms. The third kappa shape index (κ3) is 4.43. The van der Waals surface area contributed by atoms with Crippen molar-refractivity contribution < 1.29 is 14.0 Å². The summed E-state index contributed by atoms with van der Waals surface area (Å²) in [6, 6.07) is 11.8. The third-order valence-corrected chi connectivity index (χ3v) is 4.99. The van der Waals surface area contributed by atoms with Gasteiger partial charge in [0.05, 0.1) is 20.8 Å². The number of para-hydroxylation sites is 1. The molecular formula is C19H18FN3O2S. The highest BCUT2D eigenvalue weighted by molar-refractivity contribution is 7.18. The zero-order chi connectivity index (χ0) is 18.5. The van der Waals surface area contributed by atoms with E-state index >= 15 is 0 Å². The second kappa shape index (κ2) is 8.05. The number of unbranched alkanes of at least 4 members (excludes halogenated alkanes) is 1. The van der Waals surface area contributed by atoms with Gasteiger partial charge in [0.15, 0.2) is 0 Å². The summed E-state index contributed by atoms with van der Waals surface area (Å²) >= 11 is 1.67. The Morgan fingerprint density at radius 2 is 1.96 bits per heavy atom. The van der Waals surface area contributed by atoms with E-state index in [1.165, 1.54) is 16.8 Å². The van der Waals surface area contributed by atoms with E-state index in [-0.39, 0.29) is 11.5 Å². The van der Waals surface area contributed by atoms with Crippen LogP contribution in [0.2, 0.25) is 0 Å². The van der Waals surface area contributed by atoms with Crippen LogP contribution in [-0.2, 0) is 11.2 Å². The van der Waals surface area contributed by atoms with E-state index in [2.05, 4.69) is 10.3 Å². The Bertz CT molecular complexity index is 922. The number of benzene rings is 2. The number of hydrogen-bond acceptors (Lipinski definition) is 4. The minimum Gasteiger partial charge on any atom is -0.366 e. The van der Waals surface area contributed by atoms with E-state index < -0.39 is 11.7 Å². The predicted molar refractivity (Wildman–Crippen MR) is 101 cm³/mol. The molecular weight excluding hydrogens is 353 g/mol. The number of hydrogen-bond donors (Lipinski definition) is 2. The number of halogens is 1. The minimum atomic E-state index is -0.866. The van der Waals surface area contributed by atoms with Crippen molar-refractivity contribution in [3.05, 3.63) is 58.9 Å². The maximum absolute atomic E-state index is 13.4. The van der Waals surface area contributed by atoms with E-state index in [4.69, 9.17) is 5.73 Å². The van der Waals surface area contributed by atoms with Gasteiger partial charge >= 0.3 is 0 Å². The van der Waals surface area contributed by atoms with Crippen molar-refractivity contribution in [2.75, 3.05) is 5.32 Å². The largest absolute Gasteiger partial charge is 0.366 e. The molecule has 0 aliphatic carbocycles. The van der Waals surface area contributed by atoms with Gasteiger partial charge in [-0.25, -0.2) is 9.37 Å². The zero-order valence-corrected chi connectivity index (χ0v) is 14.8. The molecule has 0 saturated carbocycles. The zero-order valence-electron chi connectivity index (χ0n) is 14.0. The summed E-state index contributed by atoms with van der Waals surface area (Å²) in [6.07, 6.45) is 2.73. The number of carbonyl (C=O) groups is 2. The van der Waals surface area contributed by atoms with Crippen LogP contribution < -0.4 is 11.1 Å². The first-order chi connectivity index (χ1) is 12.5. The lowest BCUT2D eigenvalue weighted by Gasteiger charge is -2.07. The van der Waals surface area contributed by atoms with Gasteiger partial charge in [-0.15, -0.1) is 11.3 Å². The van der Waals surface area contributed by atoms with Gasteiger partial charge < -0.3 is 11.1 Å². The van der Waals surface area contributed by atoms with Gasteiger partial charge in [0.25, 0.3) is 5.91 Å². The Balaban J connectivity index is 1.47. The fourth-order valence-electron chi connectivity index (χ4n) is 2.60. The third-order valence-electron chi connectivity index (χ3n) is 3.90. The number of rotatable bonds is 7. The van der Waals surface area contributed by atoms with Gasteiger partial charge in [-0.1, -0.05) is 12.1 Å². The van der Waals surface area contributed by atoms with E-state index in [0.29, 0.717) is 18.5 Å². The van der Waals surface area contributed by atoms with Crippen LogP contribution in [0.15, 0.2) is 42.5 Å². The van der Waals surface area contributed by atoms with Gasteiger partial charge in [-0.2, -0.15) is 0 Å². The Kier molecular flexibility index (Phi) is 5.58. The molecule has 0 atom stereocenters. The Hall–Kier alpha value is -2.80. The van der Waals surface area contributed by atoms with Crippen molar-refractivity contribution in [2.24, 2.45) is 5.73 Å². The summed E-state index contributed by atoms with van der Waals surface area (Å²) in [6.45, 7) is 0. The lowest BCUT2D eigenvalue weighted by molar-refractivity contribution is -0.116. The maximum atomic E-state index is 13.4. The SMILES string of the molecule is NC(=O)c1cc(NC(=O)CCCCc2nc3ccccc3s2)ccc1F. The van der Waals surface area contributed by atoms with Crippen LogP contribution in [0.5, 0.6) is 0 Å². The number of aromatic nitrogens is 1. The molecule has 0 unspecified atom stereocenters. The summed E-state index contributed by atoms with van der Waals surface area (Å²) in [7, 11) is 0. The molecule has 0 saturated heterocycles. The summed E-state index contributed by atoms with van der Waals surface area (Å²) in [4.78, 5) is 27.7. The Morgan fingerprint density at radius 1 is 1.15 bits per heavy atom.